The summed E-state index contributed by atoms with van der Waals surface area (Å²) in [5.74, 6) is 1.06. The monoisotopic (exact) mass is 146 g/mol. The van der Waals surface area contributed by atoms with E-state index in [0.717, 1.165) is 0 Å². The van der Waals surface area contributed by atoms with Gasteiger partial charge in [-0.3, -0.25) is 0 Å². The fraction of sp³-hybridized carbons (Fsp3) is 1.00. The van der Waals surface area contributed by atoms with Gasteiger partial charge in [0, 0.05) is 20.1 Å². The average molecular weight is 146 g/mol. The average Bonchev–Trinajstić information content (AvgIpc) is 1.90. The fourth-order valence-electron chi connectivity index (χ4n) is 0.840. The Hall–Kier alpha value is -0.0800. The molecule has 62 valence electrons. The van der Waals surface area contributed by atoms with E-state index in [4.69, 9.17) is 9.47 Å². The van der Waals surface area contributed by atoms with Crippen molar-refractivity contribution in [3.05, 3.63) is 0 Å². The second-order valence-corrected chi connectivity index (χ2v) is 2.94. The largest absolute Gasteiger partial charge is 0.356 e. The molecule has 0 amide bonds. The summed E-state index contributed by atoms with van der Waals surface area (Å²) in [6.07, 6.45) is -0.0556. The van der Waals surface area contributed by atoms with Crippen LogP contribution in [0.5, 0.6) is 0 Å². The molecule has 0 heterocycles. The predicted octanol–water partition coefficient (Wildman–Crippen LogP) is 1.90. The number of ether oxygens (including phenoxy) is 2. The van der Waals surface area contributed by atoms with E-state index in [1.54, 1.807) is 14.2 Å². The molecule has 0 N–H and O–H groups in total. The van der Waals surface area contributed by atoms with E-state index in [1.807, 2.05) is 0 Å². The summed E-state index contributed by atoms with van der Waals surface area (Å²) < 4.78 is 10.2. The lowest BCUT2D eigenvalue weighted by atomic mass is 9.98. The highest BCUT2D eigenvalue weighted by molar-refractivity contribution is 4.59. The second kappa shape index (κ2) is 4.69. The van der Waals surface area contributed by atoms with Crippen LogP contribution in [0.25, 0.3) is 0 Å². The van der Waals surface area contributed by atoms with Gasteiger partial charge in [-0.15, -0.1) is 0 Å². The summed E-state index contributed by atoms with van der Waals surface area (Å²) in [5, 5.41) is 0. The zero-order valence-corrected chi connectivity index (χ0v) is 7.55. The van der Waals surface area contributed by atoms with Gasteiger partial charge in [-0.1, -0.05) is 20.8 Å². The molecule has 10 heavy (non-hydrogen) atoms. The van der Waals surface area contributed by atoms with Gasteiger partial charge in [-0.25, -0.2) is 0 Å². The van der Waals surface area contributed by atoms with Gasteiger partial charge in [0.15, 0.2) is 6.29 Å². The van der Waals surface area contributed by atoms with Crippen LogP contribution < -0.4 is 0 Å². The summed E-state index contributed by atoms with van der Waals surface area (Å²) in [5.41, 5.74) is 0. The molecule has 0 aromatic carbocycles. The van der Waals surface area contributed by atoms with E-state index >= 15 is 0 Å². The van der Waals surface area contributed by atoms with Crippen LogP contribution in [0, 0.1) is 11.8 Å². The second-order valence-electron chi connectivity index (χ2n) is 2.94. The Morgan fingerprint density at radius 2 is 1.30 bits per heavy atom. The molecule has 0 aromatic rings. The number of hydrogen-bond acceptors (Lipinski definition) is 2. The van der Waals surface area contributed by atoms with Crippen LogP contribution in [0.4, 0.5) is 0 Å². The maximum Gasteiger partial charge on any atom is 0.159 e. The number of hydrogen-bond donors (Lipinski definition) is 0. The first-order chi connectivity index (χ1) is 4.63. The minimum atomic E-state index is -0.0556. The van der Waals surface area contributed by atoms with Gasteiger partial charge >= 0.3 is 0 Å². The van der Waals surface area contributed by atoms with E-state index in [-0.39, 0.29) is 6.29 Å². The van der Waals surface area contributed by atoms with E-state index < -0.39 is 0 Å². The first kappa shape index (κ1) is 9.92. The highest BCUT2D eigenvalue weighted by Crippen LogP contribution is 2.16. The summed E-state index contributed by atoms with van der Waals surface area (Å²) >= 11 is 0. The molecule has 0 aliphatic carbocycles. The lowest BCUT2D eigenvalue weighted by Gasteiger charge is -2.23. The van der Waals surface area contributed by atoms with Crippen molar-refractivity contribution >= 4 is 0 Å². The standard InChI is InChI=1S/C8H18O2/c1-6(2)7(3)8(9-4)10-5/h6-8H,1-5H3. The zero-order chi connectivity index (χ0) is 8.15. The first-order valence-electron chi connectivity index (χ1n) is 3.69. The molecular weight excluding hydrogens is 128 g/mol. The van der Waals surface area contributed by atoms with Gasteiger partial charge in [0.2, 0.25) is 0 Å². The number of methoxy groups -OCH3 is 2. The molecular formula is C8H18O2. The van der Waals surface area contributed by atoms with Crippen molar-refractivity contribution in [2.45, 2.75) is 27.1 Å². The Bertz CT molecular complexity index is 77.3. The molecule has 1 atom stereocenters. The molecule has 0 saturated heterocycles. The van der Waals surface area contributed by atoms with Gasteiger partial charge in [0.25, 0.3) is 0 Å². The quantitative estimate of drug-likeness (QED) is 0.564. The normalized spacial score (nSPS) is 14.7. The predicted molar refractivity (Wildman–Crippen MR) is 41.8 cm³/mol. The lowest BCUT2D eigenvalue weighted by Crippen LogP contribution is -2.26. The van der Waals surface area contributed by atoms with Crippen molar-refractivity contribution in [3.63, 3.8) is 0 Å². The van der Waals surface area contributed by atoms with Gasteiger partial charge in [-0.2, -0.15) is 0 Å². The Labute approximate surface area is 63.5 Å². The molecule has 1 unspecified atom stereocenters. The third kappa shape index (κ3) is 2.67. The van der Waals surface area contributed by atoms with E-state index in [1.165, 1.54) is 0 Å². The van der Waals surface area contributed by atoms with Crippen LogP contribution in [0.15, 0.2) is 0 Å². The van der Waals surface area contributed by atoms with E-state index in [9.17, 15) is 0 Å². The molecule has 0 bridgehead atoms. The maximum atomic E-state index is 5.10. The number of rotatable bonds is 4. The van der Waals surface area contributed by atoms with Crippen molar-refractivity contribution in [2.24, 2.45) is 11.8 Å². The summed E-state index contributed by atoms with van der Waals surface area (Å²) in [7, 11) is 3.35. The van der Waals surface area contributed by atoms with Crippen LogP contribution in [-0.2, 0) is 9.47 Å². The van der Waals surface area contributed by atoms with Crippen molar-refractivity contribution in [3.8, 4) is 0 Å². The van der Waals surface area contributed by atoms with Crippen molar-refractivity contribution in [1.29, 1.82) is 0 Å². The zero-order valence-electron chi connectivity index (χ0n) is 7.55. The van der Waals surface area contributed by atoms with Crippen molar-refractivity contribution < 1.29 is 9.47 Å². The lowest BCUT2D eigenvalue weighted by molar-refractivity contribution is -0.142. The molecule has 0 fully saturated rings. The smallest absolute Gasteiger partial charge is 0.159 e. The Kier molecular flexibility index (Phi) is 4.65. The first-order valence-corrected chi connectivity index (χ1v) is 3.69. The van der Waals surface area contributed by atoms with Crippen LogP contribution in [0.2, 0.25) is 0 Å². The maximum absolute atomic E-state index is 5.10. The van der Waals surface area contributed by atoms with Gasteiger partial charge in [0.05, 0.1) is 0 Å². The molecule has 2 nitrogen and oxygen atoms in total. The fourth-order valence-corrected chi connectivity index (χ4v) is 0.840. The van der Waals surface area contributed by atoms with Gasteiger partial charge in [0.1, 0.15) is 0 Å². The third-order valence-electron chi connectivity index (χ3n) is 1.95. The third-order valence-corrected chi connectivity index (χ3v) is 1.95. The van der Waals surface area contributed by atoms with Crippen molar-refractivity contribution in [2.75, 3.05) is 14.2 Å². The molecule has 0 aliphatic heterocycles. The van der Waals surface area contributed by atoms with E-state index in [2.05, 4.69) is 20.8 Å². The Balaban J connectivity index is 3.76. The molecule has 0 rings (SSSR count). The molecule has 0 aliphatic rings. The van der Waals surface area contributed by atoms with Gasteiger partial charge < -0.3 is 9.47 Å². The Morgan fingerprint density at radius 1 is 0.900 bits per heavy atom. The van der Waals surface area contributed by atoms with Crippen molar-refractivity contribution in [1.82, 2.24) is 0 Å². The highest BCUT2D eigenvalue weighted by Gasteiger charge is 2.18. The SMILES string of the molecule is COC(OC)C(C)C(C)C. The highest BCUT2D eigenvalue weighted by atomic mass is 16.7. The van der Waals surface area contributed by atoms with Crippen LogP contribution in [-0.4, -0.2) is 20.5 Å². The van der Waals surface area contributed by atoms with Crippen LogP contribution >= 0.6 is 0 Å². The summed E-state index contributed by atoms with van der Waals surface area (Å²) in [6, 6.07) is 0. The molecule has 0 aromatic heterocycles. The summed E-state index contributed by atoms with van der Waals surface area (Å²) in [6.45, 7) is 6.45. The molecule has 2 heteroatoms. The summed E-state index contributed by atoms with van der Waals surface area (Å²) in [4.78, 5) is 0. The molecule has 0 saturated carbocycles. The molecule has 0 radical (unpaired) electrons. The van der Waals surface area contributed by atoms with Gasteiger partial charge in [-0.05, 0) is 5.92 Å². The minimum absolute atomic E-state index is 0.0556. The molecule has 0 spiro atoms. The van der Waals surface area contributed by atoms with Crippen LogP contribution in [0.1, 0.15) is 20.8 Å². The topological polar surface area (TPSA) is 18.5 Å². The Morgan fingerprint density at radius 3 is 1.40 bits per heavy atom. The minimum Gasteiger partial charge on any atom is -0.356 e. The van der Waals surface area contributed by atoms with E-state index in [0.29, 0.717) is 11.8 Å². The van der Waals surface area contributed by atoms with Crippen LogP contribution in [0.3, 0.4) is 0 Å².